The first kappa shape index (κ1) is 14.4. The van der Waals surface area contributed by atoms with Crippen LogP contribution in [0.15, 0.2) is 29.9 Å². The zero-order valence-electron chi connectivity index (χ0n) is 12.8. The highest BCUT2D eigenvalue weighted by molar-refractivity contribution is 7.10. The first-order chi connectivity index (χ1) is 11.2. The standard InChI is InChI=1S/C16H15BN4OS/c1-2-13-11-4-6-23-14(11)3-5-20(13)16(22)12-7-15-18-8-10(17)9-21(15)19-12/h4,6-9,13H,2-3,5H2,1H3. The molecule has 0 fully saturated rings. The molecular formula is C16H15BN4OS. The fourth-order valence-electron chi connectivity index (χ4n) is 3.22. The third-order valence-corrected chi connectivity index (χ3v) is 5.29. The van der Waals surface area contributed by atoms with Gasteiger partial charge in [-0.2, -0.15) is 5.10 Å². The number of carbonyl (C=O) groups excluding carboxylic acids is 1. The van der Waals surface area contributed by atoms with Crippen molar-refractivity contribution in [3.8, 4) is 0 Å². The second kappa shape index (κ2) is 5.49. The van der Waals surface area contributed by atoms with E-state index in [2.05, 4.69) is 28.5 Å². The summed E-state index contributed by atoms with van der Waals surface area (Å²) < 4.78 is 1.56. The van der Waals surface area contributed by atoms with E-state index in [1.807, 2.05) is 4.90 Å². The third kappa shape index (κ3) is 2.35. The van der Waals surface area contributed by atoms with E-state index in [9.17, 15) is 4.79 Å². The van der Waals surface area contributed by atoms with Gasteiger partial charge < -0.3 is 4.90 Å². The molecular weight excluding hydrogens is 307 g/mol. The van der Waals surface area contributed by atoms with Crippen molar-refractivity contribution < 1.29 is 4.79 Å². The number of thiophene rings is 1. The number of carbonyl (C=O) groups is 1. The van der Waals surface area contributed by atoms with Crippen molar-refractivity contribution in [2.45, 2.75) is 25.8 Å². The van der Waals surface area contributed by atoms with Crippen LogP contribution in [0.1, 0.15) is 40.3 Å². The van der Waals surface area contributed by atoms with E-state index in [-0.39, 0.29) is 11.9 Å². The summed E-state index contributed by atoms with van der Waals surface area (Å²) in [5.74, 6) is -0.0437. The van der Waals surface area contributed by atoms with Crippen molar-refractivity contribution in [1.82, 2.24) is 19.5 Å². The number of hydrogen-bond donors (Lipinski definition) is 0. The molecule has 2 radical (unpaired) electrons. The van der Waals surface area contributed by atoms with Gasteiger partial charge in [-0.15, -0.1) is 11.3 Å². The number of amides is 1. The highest BCUT2D eigenvalue weighted by Gasteiger charge is 2.32. The van der Waals surface area contributed by atoms with E-state index < -0.39 is 0 Å². The van der Waals surface area contributed by atoms with Crippen molar-refractivity contribution in [2.75, 3.05) is 6.54 Å². The Bertz CT molecular complexity index is 887. The fraction of sp³-hybridized carbons (Fsp3) is 0.312. The molecule has 1 aliphatic heterocycles. The Morgan fingerprint density at radius 3 is 3.22 bits per heavy atom. The van der Waals surface area contributed by atoms with Gasteiger partial charge in [-0.3, -0.25) is 4.79 Å². The largest absolute Gasteiger partial charge is 0.330 e. The Labute approximate surface area is 139 Å². The van der Waals surface area contributed by atoms with Crippen LogP contribution in [0.4, 0.5) is 0 Å². The molecule has 114 valence electrons. The van der Waals surface area contributed by atoms with Gasteiger partial charge in [0.15, 0.2) is 11.3 Å². The SMILES string of the molecule is [B]c1cnc2cc(C(=O)N3CCc4sccc4C3CC)nn2c1. The van der Waals surface area contributed by atoms with Crippen LogP contribution in [-0.4, -0.2) is 39.8 Å². The van der Waals surface area contributed by atoms with Crippen molar-refractivity contribution in [1.29, 1.82) is 0 Å². The van der Waals surface area contributed by atoms with E-state index in [0.717, 1.165) is 19.4 Å². The minimum atomic E-state index is -0.0437. The van der Waals surface area contributed by atoms with Gasteiger partial charge in [0.1, 0.15) is 7.85 Å². The second-order valence-corrected chi connectivity index (χ2v) is 6.69. The Kier molecular flexibility index (Phi) is 3.45. The Morgan fingerprint density at radius 2 is 2.39 bits per heavy atom. The van der Waals surface area contributed by atoms with E-state index in [1.54, 1.807) is 34.3 Å². The lowest BCUT2D eigenvalue weighted by molar-refractivity contribution is 0.0651. The third-order valence-electron chi connectivity index (χ3n) is 4.29. The summed E-state index contributed by atoms with van der Waals surface area (Å²) in [6.45, 7) is 2.85. The maximum absolute atomic E-state index is 12.9. The average Bonchev–Trinajstić information content (AvgIpc) is 3.18. The summed E-state index contributed by atoms with van der Waals surface area (Å²) in [4.78, 5) is 20.5. The molecule has 4 heterocycles. The van der Waals surface area contributed by atoms with Crippen LogP contribution in [-0.2, 0) is 6.42 Å². The molecule has 1 amide bonds. The van der Waals surface area contributed by atoms with Gasteiger partial charge in [0.25, 0.3) is 5.91 Å². The molecule has 0 aliphatic carbocycles. The molecule has 5 nitrogen and oxygen atoms in total. The predicted octanol–water partition coefficient (Wildman–Crippen LogP) is 1.73. The molecule has 0 aromatic carbocycles. The number of fused-ring (bicyclic) bond motifs is 2. The van der Waals surface area contributed by atoms with Crippen LogP contribution in [0.3, 0.4) is 0 Å². The number of rotatable bonds is 2. The zero-order chi connectivity index (χ0) is 16.0. The first-order valence-corrected chi connectivity index (χ1v) is 8.53. The molecule has 23 heavy (non-hydrogen) atoms. The summed E-state index contributed by atoms with van der Waals surface area (Å²) in [5, 5.41) is 6.46. The first-order valence-electron chi connectivity index (χ1n) is 7.65. The van der Waals surface area contributed by atoms with Crippen molar-refractivity contribution in [2.24, 2.45) is 0 Å². The predicted molar refractivity (Wildman–Crippen MR) is 90.5 cm³/mol. The van der Waals surface area contributed by atoms with Crippen LogP contribution in [0.5, 0.6) is 0 Å². The highest BCUT2D eigenvalue weighted by Crippen LogP contribution is 2.35. The van der Waals surface area contributed by atoms with E-state index >= 15 is 0 Å². The summed E-state index contributed by atoms with van der Waals surface area (Å²) in [6, 6.07) is 3.98. The molecule has 1 aliphatic rings. The topological polar surface area (TPSA) is 50.5 Å². The normalized spacial score (nSPS) is 17.4. The summed E-state index contributed by atoms with van der Waals surface area (Å²) >= 11 is 1.78. The Morgan fingerprint density at radius 1 is 1.52 bits per heavy atom. The van der Waals surface area contributed by atoms with E-state index in [4.69, 9.17) is 7.85 Å². The maximum Gasteiger partial charge on any atom is 0.274 e. The van der Waals surface area contributed by atoms with Crippen molar-refractivity contribution in [3.63, 3.8) is 0 Å². The number of aromatic nitrogens is 3. The highest BCUT2D eigenvalue weighted by atomic mass is 32.1. The van der Waals surface area contributed by atoms with Crippen molar-refractivity contribution >= 4 is 36.2 Å². The van der Waals surface area contributed by atoms with E-state index in [0.29, 0.717) is 16.8 Å². The molecule has 3 aromatic heterocycles. The van der Waals surface area contributed by atoms with Crippen LogP contribution in [0.25, 0.3) is 5.65 Å². The lowest BCUT2D eigenvalue weighted by Gasteiger charge is -2.35. The molecule has 4 rings (SSSR count). The van der Waals surface area contributed by atoms with Gasteiger partial charge >= 0.3 is 0 Å². The molecule has 7 heteroatoms. The van der Waals surface area contributed by atoms with Gasteiger partial charge in [-0.05, 0) is 29.9 Å². The van der Waals surface area contributed by atoms with Crippen LogP contribution in [0, 0.1) is 0 Å². The van der Waals surface area contributed by atoms with Gasteiger partial charge in [0.2, 0.25) is 0 Å². The minimum absolute atomic E-state index is 0.0437. The van der Waals surface area contributed by atoms with Crippen LogP contribution >= 0.6 is 11.3 Å². The van der Waals surface area contributed by atoms with Gasteiger partial charge in [0, 0.05) is 29.9 Å². The smallest absolute Gasteiger partial charge is 0.274 e. The lowest BCUT2D eigenvalue weighted by atomic mass is 9.97. The van der Waals surface area contributed by atoms with Crippen LogP contribution in [0.2, 0.25) is 0 Å². The lowest BCUT2D eigenvalue weighted by Crippen LogP contribution is -2.39. The van der Waals surface area contributed by atoms with Gasteiger partial charge in [0.05, 0.1) is 6.04 Å². The van der Waals surface area contributed by atoms with Gasteiger partial charge in [-0.1, -0.05) is 12.4 Å². The molecule has 1 unspecified atom stereocenters. The molecule has 0 spiro atoms. The number of nitrogens with zero attached hydrogens (tertiary/aromatic N) is 4. The van der Waals surface area contributed by atoms with E-state index in [1.165, 1.54) is 10.4 Å². The molecule has 3 aromatic rings. The quantitative estimate of drug-likeness (QED) is 0.675. The summed E-state index contributed by atoms with van der Waals surface area (Å²) in [7, 11) is 5.72. The summed E-state index contributed by atoms with van der Waals surface area (Å²) in [6.07, 6.45) is 5.05. The second-order valence-electron chi connectivity index (χ2n) is 5.69. The zero-order valence-corrected chi connectivity index (χ0v) is 13.6. The number of hydrogen-bond acceptors (Lipinski definition) is 4. The van der Waals surface area contributed by atoms with Gasteiger partial charge in [-0.25, -0.2) is 9.50 Å². The Balaban J connectivity index is 1.70. The maximum atomic E-state index is 12.9. The average molecular weight is 322 g/mol. The van der Waals surface area contributed by atoms with Crippen molar-refractivity contribution in [3.05, 3.63) is 46.0 Å². The minimum Gasteiger partial charge on any atom is -0.330 e. The molecule has 0 bridgehead atoms. The molecule has 0 N–H and O–H groups in total. The molecule has 0 saturated carbocycles. The summed E-state index contributed by atoms with van der Waals surface area (Å²) in [5.41, 5.74) is 2.85. The fourth-order valence-corrected chi connectivity index (χ4v) is 4.15. The Hall–Kier alpha value is -2.15. The van der Waals surface area contributed by atoms with Crippen LogP contribution < -0.4 is 5.46 Å². The molecule has 0 saturated heterocycles. The molecule has 1 atom stereocenters. The monoisotopic (exact) mass is 322 g/mol.